The maximum absolute atomic E-state index is 12.6. The van der Waals surface area contributed by atoms with Gasteiger partial charge in [0.05, 0.1) is 18.6 Å². The van der Waals surface area contributed by atoms with Crippen molar-refractivity contribution in [2.24, 2.45) is 0 Å². The summed E-state index contributed by atoms with van der Waals surface area (Å²) in [6.45, 7) is 4.92. The number of nitrogens with zero attached hydrogens (tertiary/aromatic N) is 1. The van der Waals surface area contributed by atoms with E-state index in [2.05, 4.69) is 0 Å². The van der Waals surface area contributed by atoms with E-state index in [0.29, 0.717) is 19.5 Å². The molecule has 0 unspecified atom stereocenters. The van der Waals surface area contributed by atoms with Crippen LogP contribution in [0.4, 0.5) is 0 Å². The minimum absolute atomic E-state index is 0.0641. The second kappa shape index (κ2) is 5.21. The van der Waals surface area contributed by atoms with Crippen LogP contribution in [0, 0.1) is 0 Å². The number of carbonyl (C=O) groups excluding carboxylic acids is 1. The normalized spacial score (nSPS) is 19.6. The molecule has 1 aliphatic rings. The number of methoxy groups -OCH3 is 1. The lowest BCUT2D eigenvalue weighted by molar-refractivity contribution is -0.135. The van der Waals surface area contributed by atoms with Crippen molar-refractivity contribution in [2.45, 2.75) is 31.8 Å². The molecule has 1 fully saturated rings. The van der Waals surface area contributed by atoms with E-state index >= 15 is 0 Å². The summed E-state index contributed by atoms with van der Waals surface area (Å²) in [5.74, 6) is 0.845. The van der Waals surface area contributed by atoms with Crippen LogP contribution in [0.15, 0.2) is 24.3 Å². The number of aliphatic hydroxyl groups excluding tert-OH is 1. The van der Waals surface area contributed by atoms with Crippen molar-refractivity contribution in [1.82, 2.24) is 4.90 Å². The van der Waals surface area contributed by atoms with Gasteiger partial charge in [-0.25, -0.2) is 0 Å². The third kappa shape index (κ3) is 2.73. The SMILES string of the molecule is COc1ccc(C(C)(C)C(=O)N2CC[C@@H](O)C2)cc1. The highest BCUT2D eigenvalue weighted by molar-refractivity contribution is 5.87. The van der Waals surface area contributed by atoms with Crippen LogP contribution in [0.25, 0.3) is 0 Å². The van der Waals surface area contributed by atoms with Crippen LogP contribution in [0.1, 0.15) is 25.8 Å². The molecule has 2 rings (SSSR count). The Hall–Kier alpha value is -1.55. The number of hydrogen-bond acceptors (Lipinski definition) is 3. The Bertz CT molecular complexity index is 453. The third-order valence-electron chi connectivity index (χ3n) is 3.80. The van der Waals surface area contributed by atoms with Gasteiger partial charge in [-0.1, -0.05) is 12.1 Å². The highest BCUT2D eigenvalue weighted by Crippen LogP contribution is 2.28. The fourth-order valence-electron chi connectivity index (χ4n) is 2.45. The van der Waals surface area contributed by atoms with E-state index in [0.717, 1.165) is 11.3 Å². The fraction of sp³-hybridized carbons (Fsp3) is 0.533. The number of aliphatic hydroxyl groups is 1. The van der Waals surface area contributed by atoms with Crippen LogP contribution in [0.2, 0.25) is 0 Å². The minimum Gasteiger partial charge on any atom is -0.497 e. The average Bonchev–Trinajstić information content (AvgIpc) is 2.84. The summed E-state index contributed by atoms with van der Waals surface area (Å²) in [4.78, 5) is 14.3. The molecule has 1 atom stereocenters. The van der Waals surface area contributed by atoms with Crippen molar-refractivity contribution in [3.05, 3.63) is 29.8 Å². The Morgan fingerprint density at radius 1 is 1.37 bits per heavy atom. The molecule has 0 spiro atoms. The number of rotatable bonds is 3. The van der Waals surface area contributed by atoms with E-state index in [4.69, 9.17) is 4.74 Å². The molecule has 1 amide bonds. The molecule has 0 aromatic heterocycles. The Kier molecular flexibility index (Phi) is 3.80. The van der Waals surface area contributed by atoms with Gasteiger partial charge in [0.15, 0.2) is 0 Å². The lowest BCUT2D eigenvalue weighted by Crippen LogP contribution is -2.42. The first kappa shape index (κ1) is 13.9. The molecule has 19 heavy (non-hydrogen) atoms. The largest absolute Gasteiger partial charge is 0.497 e. The third-order valence-corrected chi connectivity index (χ3v) is 3.80. The Labute approximate surface area is 114 Å². The maximum Gasteiger partial charge on any atom is 0.232 e. The molecular weight excluding hydrogens is 242 g/mol. The standard InChI is InChI=1S/C15H21NO3/c1-15(2,11-4-6-13(19-3)7-5-11)14(18)16-9-8-12(17)10-16/h4-7,12,17H,8-10H2,1-3H3/t12-/m1/s1. The molecule has 1 saturated heterocycles. The van der Waals surface area contributed by atoms with Gasteiger partial charge in [-0.2, -0.15) is 0 Å². The number of amides is 1. The van der Waals surface area contributed by atoms with Gasteiger partial charge in [0.25, 0.3) is 0 Å². The van der Waals surface area contributed by atoms with Gasteiger partial charge in [0.2, 0.25) is 5.91 Å². The monoisotopic (exact) mass is 263 g/mol. The summed E-state index contributed by atoms with van der Waals surface area (Å²) in [6, 6.07) is 7.57. The Morgan fingerprint density at radius 3 is 2.47 bits per heavy atom. The lowest BCUT2D eigenvalue weighted by atomic mass is 9.83. The fourth-order valence-corrected chi connectivity index (χ4v) is 2.45. The summed E-state index contributed by atoms with van der Waals surface area (Å²) in [7, 11) is 1.62. The molecule has 0 saturated carbocycles. The van der Waals surface area contributed by atoms with E-state index in [1.165, 1.54) is 0 Å². The van der Waals surface area contributed by atoms with Crippen LogP contribution in [-0.4, -0.2) is 42.2 Å². The van der Waals surface area contributed by atoms with Crippen LogP contribution in [-0.2, 0) is 10.2 Å². The topological polar surface area (TPSA) is 49.8 Å². The predicted molar refractivity (Wildman–Crippen MR) is 73.2 cm³/mol. The first-order valence-electron chi connectivity index (χ1n) is 6.57. The van der Waals surface area contributed by atoms with Gasteiger partial charge in [0.1, 0.15) is 5.75 Å². The number of hydrogen-bond donors (Lipinski definition) is 1. The summed E-state index contributed by atoms with van der Waals surface area (Å²) in [5.41, 5.74) is 0.371. The lowest BCUT2D eigenvalue weighted by Gasteiger charge is -2.29. The smallest absolute Gasteiger partial charge is 0.232 e. The number of ether oxygens (including phenoxy) is 1. The zero-order valence-electron chi connectivity index (χ0n) is 11.7. The molecule has 0 radical (unpaired) electrons. The van der Waals surface area contributed by atoms with E-state index in [1.807, 2.05) is 38.1 Å². The van der Waals surface area contributed by atoms with Gasteiger partial charge < -0.3 is 14.7 Å². The number of benzene rings is 1. The average molecular weight is 263 g/mol. The molecular formula is C15H21NO3. The second-order valence-electron chi connectivity index (χ2n) is 5.55. The van der Waals surface area contributed by atoms with E-state index in [9.17, 15) is 9.90 Å². The summed E-state index contributed by atoms with van der Waals surface area (Å²) >= 11 is 0. The zero-order valence-corrected chi connectivity index (χ0v) is 11.7. The molecule has 0 aliphatic carbocycles. The highest BCUT2D eigenvalue weighted by Gasteiger charge is 2.36. The molecule has 1 N–H and O–H groups in total. The molecule has 4 heteroatoms. The van der Waals surface area contributed by atoms with Gasteiger partial charge in [-0.3, -0.25) is 4.79 Å². The minimum atomic E-state index is -0.587. The molecule has 4 nitrogen and oxygen atoms in total. The van der Waals surface area contributed by atoms with Crippen molar-refractivity contribution in [1.29, 1.82) is 0 Å². The first-order valence-corrected chi connectivity index (χ1v) is 6.57. The van der Waals surface area contributed by atoms with Crippen molar-refractivity contribution >= 4 is 5.91 Å². The molecule has 1 aromatic carbocycles. The van der Waals surface area contributed by atoms with E-state index in [-0.39, 0.29) is 12.0 Å². The van der Waals surface area contributed by atoms with E-state index in [1.54, 1.807) is 12.0 Å². The van der Waals surface area contributed by atoms with Gasteiger partial charge in [-0.05, 0) is 38.0 Å². The summed E-state index contributed by atoms with van der Waals surface area (Å²) < 4.78 is 5.13. The maximum atomic E-state index is 12.6. The molecule has 1 heterocycles. The molecule has 104 valence electrons. The molecule has 0 bridgehead atoms. The van der Waals surface area contributed by atoms with Gasteiger partial charge in [0, 0.05) is 13.1 Å². The number of β-amino-alcohol motifs (C(OH)–C–C–N with tert-alkyl or cyclic N) is 1. The molecule has 1 aliphatic heterocycles. The Morgan fingerprint density at radius 2 is 2.00 bits per heavy atom. The second-order valence-corrected chi connectivity index (χ2v) is 5.55. The van der Waals surface area contributed by atoms with Crippen molar-refractivity contribution in [3.63, 3.8) is 0 Å². The van der Waals surface area contributed by atoms with Crippen molar-refractivity contribution in [2.75, 3.05) is 20.2 Å². The number of carbonyl (C=O) groups is 1. The first-order chi connectivity index (χ1) is 8.95. The quantitative estimate of drug-likeness (QED) is 0.900. The predicted octanol–water partition coefficient (Wildman–Crippen LogP) is 1.57. The van der Waals surface area contributed by atoms with Crippen LogP contribution < -0.4 is 4.74 Å². The van der Waals surface area contributed by atoms with Crippen LogP contribution in [0.5, 0.6) is 5.75 Å². The number of likely N-dealkylation sites (tertiary alicyclic amines) is 1. The van der Waals surface area contributed by atoms with Gasteiger partial charge >= 0.3 is 0 Å². The molecule has 1 aromatic rings. The highest BCUT2D eigenvalue weighted by atomic mass is 16.5. The zero-order chi connectivity index (χ0) is 14.0. The Balaban J connectivity index is 2.18. The van der Waals surface area contributed by atoms with Crippen LogP contribution >= 0.6 is 0 Å². The van der Waals surface area contributed by atoms with Crippen molar-refractivity contribution in [3.8, 4) is 5.75 Å². The van der Waals surface area contributed by atoms with Crippen molar-refractivity contribution < 1.29 is 14.6 Å². The van der Waals surface area contributed by atoms with Crippen LogP contribution in [0.3, 0.4) is 0 Å². The van der Waals surface area contributed by atoms with E-state index < -0.39 is 5.41 Å². The van der Waals surface area contributed by atoms with Gasteiger partial charge in [-0.15, -0.1) is 0 Å². The summed E-state index contributed by atoms with van der Waals surface area (Å²) in [5, 5.41) is 9.54. The summed E-state index contributed by atoms with van der Waals surface area (Å²) in [6.07, 6.45) is 0.292.